The molecule has 0 bridgehead atoms. The molecule has 1 aliphatic carbocycles. The van der Waals surface area contributed by atoms with Crippen molar-refractivity contribution in [2.75, 3.05) is 6.54 Å². The summed E-state index contributed by atoms with van der Waals surface area (Å²) in [4.78, 5) is 19.3. The number of fused-ring (bicyclic) bond motifs is 1. The molecule has 140 valence electrons. The van der Waals surface area contributed by atoms with E-state index in [1.165, 1.54) is 0 Å². The largest absolute Gasteiger partial charge is 0.441 e. The van der Waals surface area contributed by atoms with Crippen molar-refractivity contribution in [2.45, 2.75) is 44.4 Å². The molecular weight excluding hydrogens is 354 g/mol. The van der Waals surface area contributed by atoms with E-state index in [0.29, 0.717) is 44.7 Å². The molecule has 3 atom stereocenters. The van der Waals surface area contributed by atoms with E-state index in [-0.39, 0.29) is 30.3 Å². The summed E-state index contributed by atoms with van der Waals surface area (Å²) in [6, 6.07) is 9.49. The number of aliphatic hydroxyl groups is 1. The fourth-order valence-electron chi connectivity index (χ4n) is 3.76. The predicted octanol–water partition coefficient (Wildman–Crippen LogP) is 2.14. The van der Waals surface area contributed by atoms with Crippen LogP contribution < -0.4 is 5.73 Å². The van der Waals surface area contributed by atoms with Crippen LogP contribution in [0.15, 0.2) is 34.7 Å². The van der Waals surface area contributed by atoms with E-state index < -0.39 is 6.10 Å². The number of benzene rings is 1. The predicted molar refractivity (Wildman–Crippen MR) is 99.6 cm³/mol. The van der Waals surface area contributed by atoms with E-state index in [0.717, 1.165) is 17.0 Å². The van der Waals surface area contributed by atoms with Crippen molar-refractivity contribution < 1.29 is 14.3 Å². The van der Waals surface area contributed by atoms with Crippen molar-refractivity contribution in [1.29, 1.82) is 0 Å². The van der Waals surface area contributed by atoms with Gasteiger partial charge in [0, 0.05) is 30.5 Å². The number of hydrogen-bond donors (Lipinski definition) is 2. The second-order valence-electron chi connectivity index (χ2n) is 7.01. The first-order valence-electron chi connectivity index (χ1n) is 8.88. The molecule has 0 radical (unpaired) electrons. The lowest BCUT2D eigenvalue weighted by Crippen LogP contribution is -2.47. The Balaban J connectivity index is 0.00000196. The van der Waals surface area contributed by atoms with Crippen molar-refractivity contribution in [2.24, 2.45) is 11.7 Å². The maximum atomic E-state index is 12.8. The van der Waals surface area contributed by atoms with Crippen LogP contribution in [0.3, 0.4) is 0 Å². The number of hydrogen-bond acceptors (Lipinski definition) is 5. The van der Waals surface area contributed by atoms with Crippen molar-refractivity contribution in [3.63, 3.8) is 0 Å². The lowest BCUT2D eigenvalue weighted by atomic mass is 9.83. The summed E-state index contributed by atoms with van der Waals surface area (Å²) < 4.78 is 5.89. The lowest BCUT2D eigenvalue weighted by molar-refractivity contribution is -0.138. The molecule has 26 heavy (non-hydrogen) atoms. The third-order valence-electron chi connectivity index (χ3n) is 5.27. The highest BCUT2D eigenvalue weighted by Gasteiger charge is 2.35. The van der Waals surface area contributed by atoms with Crippen LogP contribution in [0.2, 0.25) is 0 Å². The molecule has 0 unspecified atom stereocenters. The highest BCUT2D eigenvalue weighted by molar-refractivity contribution is 5.85. The van der Waals surface area contributed by atoms with Gasteiger partial charge in [-0.25, -0.2) is 4.98 Å². The zero-order valence-electron chi connectivity index (χ0n) is 14.5. The molecule has 4 rings (SSSR count). The van der Waals surface area contributed by atoms with Crippen LogP contribution in [0.4, 0.5) is 0 Å². The fraction of sp³-hybridized carbons (Fsp3) is 0.474. The zero-order chi connectivity index (χ0) is 17.4. The summed E-state index contributed by atoms with van der Waals surface area (Å²) in [5.74, 6) is 1.51. The van der Waals surface area contributed by atoms with Gasteiger partial charge in [-0.1, -0.05) is 18.2 Å². The Morgan fingerprint density at radius 3 is 2.77 bits per heavy atom. The molecule has 2 aliphatic rings. The van der Waals surface area contributed by atoms with E-state index in [1.807, 2.05) is 35.2 Å². The molecule has 1 fully saturated rings. The number of nitrogens with two attached hydrogens (primary N) is 1. The molecule has 1 aromatic heterocycles. The average molecular weight is 378 g/mol. The van der Waals surface area contributed by atoms with Crippen molar-refractivity contribution >= 4 is 18.3 Å². The van der Waals surface area contributed by atoms with Gasteiger partial charge in [-0.3, -0.25) is 4.79 Å². The fourth-order valence-corrected chi connectivity index (χ4v) is 3.76. The van der Waals surface area contributed by atoms with Crippen LogP contribution in [-0.2, 0) is 17.8 Å². The average Bonchev–Trinajstić information content (AvgIpc) is 3.07. The summed E-state index contributed by atoms with van der Waals surface area (Å²) in [5, 5.41) is 9.76. The summed E-state index contributed by atoms with van der Waals surface area (Å²) in [7, 11) is 0. The third kappa shape index (κ3) is 3.63. The Kier molecular flexibility index (Phi) is 5.65. The molecule has 1 saturated carbocycles. The molecular formula is C19H24ClN3O3. The molecule has 2 heterocycles. The van der Waals surface area contributed by atoms with Crippen LogP contribution in [0.5, 0.6) is 0 Å². The van der Waals surface area contributed by atoms with Gasteiger partial charge < -0.3 is 20.2 Å². The Hall–Kier alpha value is -1.89. The van der Waals surface area contributed by atoms with E-state index in [2.05, 4.69) is 4.98 Å². The lowest BCUT2D eigenvalue weighted by Gasteiger charge is -2.34. The zero-order valence-corrected chi connectivity index (χ0v) is 15.3. The smallest absolute Gasteiger partial charge is 0.226 e. The minimum absolute atomic E-state index is 0. The molecule has 3 N–H and O–H groups in total. The van der Waals surface area contributed by atoms with Gasteiger partial charge in [0.25, 0.3) is 0 Å². The van der Waals surface area contributed by atoms with Crippen LogP contribution in [0, 0.1) is 5.92 Å². The van der Waals surface area contributed by atoms with Gasteiger partial charge in [0.2, 0.25) is 11.8 Å². The van der Waals surface area contributed by atoms with Crippen LogP contribution in [-0.4, -0.2) is 39.6 Å². The van der Waals surface area contributed by atoms with Crippen molar-refractivity contribution in [3.05, 3.63) is 41.8 Å². The van der Waals surface area contributed by atoms with Gasteiger partial charge >= 0.3 is 0 Å². The number of carbonyl (C=O) groups is 1. The molecule has 7 heteroatoms. The Morgan fingerprint density at radius 1 is 1.27 bits per heavy atom. The summed E-state index contributed by atoms with van der Waals surface area (Å²) >= 11 is 0. The molecule has 2 aromatic rings. The van der Waals surface area contributed by atoms with Gasteiger partial charge in [0.05, 0.1) is 12.6 Å². The second-order valence-corrected chi connectivity index (χ2v) is 7.01. The Morgan fingerprint density at radius 2 is 2.04 bits per heavy atom. The number of amides is 1. The van der Waals surface area contributed by atoms with E-state index >= 15 is 0 Å². The number of oxazole rings is 1. The SMILES string of the molecule is Cl.N[C@@H]1C[C@@H](C(=O)N2CCc3oc(-c4ccccc4)nc3C2)CC[C@H]1O. The third-order valence-corrected chi connectivity index (χ3v) is 5.27. The Bertz CT molecular complexity index is 765. The Labute approximate surface area is 158 Å². The minimum Gasteiger partial charge on any atom is -0.441 e. The number of nitrogens with zero attached hydrogens (tertiary/aromatic N) is 2. The molecule has 1 amide bonds. The van der Waals surface area contributed by atoms with Crippen LogP contribution >= 0.6 is 12.4 Å². The highest BCUT2D eigenvalue weighted by Crippen LogP contribution is 2.30. The van der Waals surface area contributed by atoms with Gasteiger partial charge in [0.1, 0.15) is 11.5 Å². The summed E-state index contributed by atoms with van der Waals surface area (Å²) in [6.45, 7) is 1.13. The monoisotopic (exact) mass is 377 g/mol. The number of halogens is 1. The first kappa shape index (κ1) is 18.9. The van der Waals surface area contributed by atoms with Crippen LogP contribution in [0.25, 0.3) is 11.5 Å². The van der Waals surface area contributed by atoms with Gasteiger partial charge in [-0.05, 0) is 31.4 Å². The molecule has 0 saturated heterocycles. The maximum absolute atomic E-state index is 12.8. The molecule has 6 nitrogen and oxygen atoms in total. The highest BCUT2D eigenvalue weighted by atomic mass is 35.5. The second kappa shape index (κ2) is 7.78. The van der Waals surface area contributed by atoms with E-state index in [4.69, 9.17) is 10.2 Å². The van der Waals surface area contributed by atoms with Gasteiger partial charge in [0.15, 0.2) is 0 Å². The number of rotatable bonds is 2. The van der Waals surface area contributed by atoms with Gasteiger partial charge in [-0.15, -0.1) is 12.4 Å². The standard InChI is InChI=1S/C19H23N3O3.ClH/c20-14-10-13(6-7-16(14)23)19(24)22-9-8-17-15(11-22)21-18(25-17)12-4-2-1-3-5-12;/h1-5,13-14,16,23H,6-11,20H2;1H/t13-,14+,16+;/m0./s1. The first-order valence-corrected chi connectivity index (χ1v) is 8.88. The summed E-state index contributed by atoms with van der Waals surface area (Å²) in [5.41, 5.74) is 7.72. The van der Waals surface area contributed by atoms with Crippen molar-refractivity contribution in [3.8, 4) is 11.5 Å². The van der Waals surface area contributed by atoms with Gasteiger partial charge in [-0.2, -0.15) is 0 Å². The first-order chi connectivity index (χ1) is 12.1. The quantitative estimate of drug-likeness (QED) is 0.836. The van der Waals surface area contributed by atoms with E-state index in [1.54, 1.807) is 0 Å². The maximum Gasteiger partial charge on any atom is 0.226 e. The molecule has 1 aromatic carbocycles. The van der Waals surface area contributed by atoms with Crippen LogP contribution in [0.1, 0.15) is 30.7 Å². The summed E-state index contributed by atoms with van der Waals surface area (Å²) in [6.07, 6.45) is 2.05. The topological polar surface area (TPSA) is 92.6 Å². The minimum atomic E-state index is -0.485. The number of aliphatic hydroxyl groups excluding tert-OH is 1. The van der Waals surface area contributed by atoms with Crippen molar-refractivity contribution in [1.82, 2.24) is 9.88 Å². The molecule has 0 spiro atoms. The normalized spacial score (nSPS) is 25.3. The van der Waals surface area contributed by atoms with E-state index in [9.17, 15) is 9.90 Å². The number of carbonyl (C=O) groups excluding carboxylic acids is 1. The number of aromatic nitrogens is 1. The molecule has 1 aliphatic heterocycles.